The summed E-state index contributed by atoms with van der Waals surface area (Å²) in [5.41, 5.74) is 0.737. The third kappa shape index (κ3) is 2.36. The fourth-order valence-electron chi connectivity index (χ4n) is 7.29. The monoisotopic (exact) mass is 483 g/mol. The van der Waals surface area contributed by atoms with Crippen LogP contribution in [0.4, 0.5) is 11.4 Å². The molecule has 35 heavy (non-hydrogen) atoms. The van der Waals surface area contributed by atoms with E-state index in [1.54, 1.807) is 30.3 Å². The highest BCUT2D eigenvalue weighted by Gasteiger charge is 2.78. The minimum Gasteiger partial charge on any atom is -0.325 e. The number of amides is 2. The molecule has 4 aliphatic rings. The van der Waals surface area contributed by atoms with Gasteiger partial charge in [-0.3, -0.25) is 19.3 Å². The standard InChI is InChI=1S/C28H22ClN3O3/c29-17-12-13-21-19(15-17)28(26(35)31-21)24(23(33)16-7-2-1-3-8-16)27(22-11-6-14-32(22)28)18-9-4-5-10-20(18)30-25(27)34/h1-5,7-10,12-13,15,22,24H,6,11,14H2,(H,30,34)(H,31,35)/t22-,24-,27-,28+/m1/s1. The first-order valence-electron chi connectivity index (χ1n) is 11.9. The summed E-state index contributed by atoms with van der Waals surface area (Å²) >= 11 is 6.46. The summed E-state index contributed by atoms with van der Waals surface area (Å²) in [4.78, 5) is 45.0. The molecule has 0 bridgehead atoms. The molecule has 174 valence electrons. The van der Waals surface area contributed by atoms with Crippen LogP contribution in [-0.4, -0.2) is 35.1 Å². The average molecular weight is 484 g/mol. The number of Topliss-reactive ketones (excluding diaryl/α,β-unsaturated/α-hetero) is 1. The Morgan fingerprint density at radius 3 is 2.43 bits per heavy atom. The Hall–Kier alpha value is -3.48. The van der Waals surface area contributed by atoms with E-state index in [0.717, 1.165) is 12.0 Å². The minimum atomic E-state index is -1.34. The molecule has 0 aromatic heterocycles. The SMILES string of the molecule is O=C(c1ccccc1)[C@@H]1[C@]2(C(=O)Nc3ccccc32)[C@H]2CCCN2[C@]12C(=O)Nc1ccc(Cl)cc12. The maximum absolute atomic E-state index is 14.6. The number of fused-ring (bicyclic) bond motifs is 7. The molecular formula is C28H22ClN3O3. The molecule has 0 unspecified atom stereocenters. The van der Waals surface area contributed by atoms with E-state index in [2.05, 4.69) is 15.5 Å². The summed E-state index contributed by atoms with van der Waals surface area (Å²) in [7, 11) is 0. The summed E-state index contributed by atoms with van der Waals surface area (Å²) in [6.07, 6.45) is 1.55. The van der Waals surface area contributed by atoms with Gasteiger partial charge in [-0.25, -0.2) is 0 Å². The first-order chi connectivity index (χ1) is 17.0. The normalized spacial score (nSPS) is 30.3. The van der Waals surface area contributed by atoms with Gasteiger partial charge in [0.2, 0.25) is 11.8 Å². The van der Waals surface area contributed by atoms with E-state index in [9.17, 15) is 14.4 Å². The zero-order chi connectivity index (χ0) is 23.9. The molecule has 0 radical (unpaired) electrons. The van der Waals surface area contributed by atoms with Crippen LogP contribution in [0.1, 0.15) is 34.3 Å². The second kappa shape index (κ2) is 7.03. The summed E-state index contributed by atoms with van der Waals surface area (Å²) in [5.74, 6) is -1.67. The van der Waals surface area contributed by atoms with Gasteiger partial charge in [-0.15, -0.1) is 0 Å². The lowest BCUT2D eigenvalue weighted by atomic mass is 9.60. The van der Waals surface area contributed by atoms with Gasteiger partial charge in [-0.05, 0) is 49.2 Å². The fourth-order valence-corrected chi connectivity index (χ4v) is 7.46. The van der Waals surface area contributed by atoms with E-state index >= 15 is 0 Å². The zero-order valence-corrected chi connectivity index (χ0v) is 19.5. The molecule has 4 atom stereocenters. The van der Waals surface area contributed by atoms with E-state index in [0.29, 0.717) is 40.5 Å². The Kier molecular flexibility index (Phi) is 4.19. The molecule has 2 fully saturated rings. The van der Waals surface area contributed by atoms with Crippen LogP contribution >= 0.6 is 11.6 Å². The van der Waals surface area contributed by atoms with E-state index in [1.807, 2.05) is 42.5 Å². The average Bonchev–Trinajstić information content (AvgIpc) is 3.59. The molecule has 2 N–H and O–H groups in total. The number of anilines is 2. The van der Waals surface area contributed by atoms with Crippen molar-refractivity contribution in [3.05, 3.63) is 94.5 Å². The van der Waals surface area contributed by atoms with E-state index < -0.39 is 16.9 Å². The van der Waals surface area contributed by atoms with Gasteiger partial charge in [0.25, 0.3) is 0 Å². The topological polar surface area (TPSA) is 78.5 Å². The number of benzene rings is 3. The lowest BCUT2D eigenvalue weighted by Crippen LogP contribution is -2.55. The van der Waals surface area contributed by atoms with Gasteiger partial charge in [0.1, 0.15) is 11.0 Å². The molecule has 0 saturated carbocycles. The molecule has 2 spiro atoms. The molecule has 7 heteroatoms. The van der Waals surface area contributed by atoms with Crippen molar-refractivity contribution >= 4 is 40.6 Å². The number of carbonyl (C=O) groups is 3. The van der Waals surface area contributed by atoms with Crippen LogP contribution in [-0.2, 0) is 20.5 Å². The molecule has 4 heterocycles. The van der Waals surface area contributed by atoms with Gasteiger partial charge in [-0.1, -0.05) is 60.1 Å². The highest BCUT2D eigenvalue weighted by atomic mass is 35.5. The van der Waals surface area contributed by atoms with Crippen molar-refractivity contribution in [1.29, 1.82) is 0 Å². The van der Waals surface area contributed by atoms with Crippen molar-refractivity contribution < 1.29 is 14.4 Å². The van der Waals surface area contributed by atoms with Gasteiger partial charge in [0.05, 0.1) is 5.92 Å². The fraction of sp³-hybridized carbons (Fsp3) is 0.250. The number of ketones is 1. The molecule has 7 rings (SSSR count). The van der Waals surface area contributed by atoms with Crippen LogP contribution in [0.5, 0.6) is 0 Å². The lowest BCUT2D eigenvalue weighted by Gasteiger charge is -2.38. The second-order valence-corrected chi connectivity index (χ2v) is 10.2. The van der Waals surface area contributed by atoms with Crippen LogP contribution < -0.4 is 10.6 Å². The van der Waals surface area contributed by atoms with Gasteiger partial charge in [-0.2, -0.15) is 0 Å². The molecule has 2 saturated heterocycles. The summed E-state index contributed by atoms with van der Waals surface area (Å²) in [5, 5.41) is 6.57. The smallest absolute Gasteiger partial charge is 0.250 e. The number of hydrogen-bond donors (Lipinski definition) is 2. The van der Waals surface area contributed by atoms with Gasteiger partial charge >= 0.3 is 0 Å². The molecule has 6 nitrogen and oxygen atoms in total. The number of hydrogen-bond acceptors (Lipinski definition) is 4. The molecule has 3 aromatic carbocycles. The maximum Gasteiger partial charge on any atom is 0.250 e. The number of nitrogens with one attached hydrogen (secondary N) is 2. The third-order valence-electron chi connectivity index (χ3n) is 8.41. The molecule has 0 aliphatic carbocycles. The first kappa shape index (κ1) is 20.9. The summed E-state index contributed by atoms with van der Waals surface area (Å²) in [6, 6.07) is 21.6. The predicted octanol–water partition coefficient (Wildman–Crippen LogP) is 4.35. The van der Waals surface area contributed by atoms with Crippen molar-refractivity contribution in [2.24, 2.45) is 5.92 Å². The summed E-state index contributed by atoms with van der Waals surface area (Å²) < 4.78 is 0. The number of rotatable bonds is 2. The Morgan fingerprint density at radius 1 is 0.886 bits per heavy atom. The highest BCUT2D eigenvalue weighted by Crippen LogP contribution is 2.66. The number of nitrogens with zero attached hydrogens (tertiary/aromatic N) is 1. The van der Waals surface area contributed by atoms with Crippen LogP contribution in [0, 0.1) is 5.92 Å². The quantitative estimate of drug-likeness (QED) is 0.531. The molecule has 3 aromatic rings. The predicted molar refractivity (Wildman–Crippen MR) is 132 cm³/mol. The highest BCUT2D eigenvalue weighted by molar-refractivity contribution is 6.31. The lowest BCUT2D eigenvalue weighted by molar-refractivity contribution is -0.128. The summed E-state index contributed by atoms with van der Waals surface area (Å²) in [6.45, 7) is 0.611. The molecule has 4 aliphatic heterocycles. The van der Waals surface area contributed by atoms with Gasteiger partial charge < -0.3 is 10.6 Å². The van der Waals surface area contributed by atoms with E-state index in [-0.39, 0.29) is 23.6 Å². The Morgan fingerprint density at radius 2 is 1.60 bits per heavy atom. The van der Waals surface area contributed by atoms with Crippen molar-refractivity contribution in [2.75, 3.05) is 17.2 Å². The van der Waals surface area contributed by atoms with E-state index in [4.69, 9.17) is 11.6 Å². The van der Waals surface area contributed by atoms with E-state index in [1.165, 1.54) is 0 Å². The Bertz CT molecular complexity index is 1440. The van der Waals surface area contributed by atoms with Crippen LogP contribution in [0.25, 0.3) is 0 Å². The van der Waals surface area contributed by atoms with Crippen LogP contribution in [0.2, 0.25) is 5.02 Å². The van der Waals surface area contributed by atoms with Crippen molar-refractivity contribution in [3.8, 4) is 0 Å². The number of halogens is 1. The van der Waals surface area contributed by atoms with Gasteiger partial charge in [0, 0.05) is 33.6 Å². The number of para-hydroxylation sites is 1. The first-order valence-corrected chi connectivity index (χ1v) is 12.3. The maximum atomic E-state index is 14.6. The minimum absolute atomic E-state index is 0.213. The van der Waals surface area contributed by atoms with Crippen molar-refractivity contribution in [2.45, 2.75) is 29.8 Å². The molecular weight excluding hydrogens is 462 g/mol. The Labute approximate surface area is 207 Å². The second-order valence-electron chi connectivity index (χ2n) is 9.79. The van der Waals surface area contributed by atoms with Crippen LogP contribution in [0.3, 0.4) is 0 Å². The van der Waals surface area contributed by atoms with Gasteiger partial charge in [0.15, 0.2) is 5.78 Å². The van der Waals surface area contributed by atoms with Crippen LogP contribution in [0.15, 0.2) is 72.8 Å². The van der Waals surface area contributed by atoms with Crippen molar-refractivity contribution in [3.63, 3.8) is 0 Å². The number of carbonyl (C=O) groups excluding carboxylic acids is 3. The largest absolute Gasteiger partial charge is 0.325 e. The Balaban J connectivity index is 1.60. The zero-order valence-electron chi connectivity index (χ0n) is 18.8. The molecule has 2 amide bonds. The third-order valence-corrected chi connectivity index (χ3v) is 8.64. The van der Waals surface area contributed by atoms with Crippen molar-refractivity contribution in [1.82, 2.24) is 4.90 Å².